The molecule has 0 aliphatic carbocycles. The molecule has 3 aromatic rings. The number of carboxylic acid groups (broad SMARTS) is 1. The third-order valence-electron chi connectivity index (χ3n) is 12.7. The number of ether oxygens (including phenoxy) is 1. The van der Waals surface area contributed by atoms with E-state index in [4.69, 9.17) is 16.2 Å². The summed E-state index contributed by atoms with van der Waals surface area (Å²) in [5, 5.41) is 25.2. The van der Waals surface area contributed by atoms with Crippen LogP contribution in [0.4, 0.5) is 4.79 Å². The average Bonchev–Trinajstić information content (AvgIpc) is 3.88. The second kappa shape index (κ2) is 29.1. The van der Waals surface area contributed by atoms with Crippen LogP contribution in [0.2, 0.25) is 0 Å². The maximum Gasteiger partial charge on any atom is 0.408 e. The molecule has 7 atom stereocenters. The van der Waals surface area contributed by atoms with Crippen molar-refractivity contribution in [2.75, 3.05) is 18.8 Å². The van der Waals surface area contributed by atoms with Crippen LogP contribution in [-0.2, 0) is 52.6 Å². The molecule has 3 aromatic carbocycles. The number of rotatable bonds is 28. The van der Waals surface area contributed by atoms with Crippen molar-refractivity contribution in [2.45, 2.75) is 140 Å². The Morgan fingerprint density at radius 2 is 1.22 bits per heavy atom. The van der Waals surface area contributed by atoms with Crippen molar-refractivity contribution in [1.29, 1.82) is 0 Å². The van der Waals surface area contributed by atoms with Gasteiger partial charge in [0, 0.05) is 18.7 Å². The van der Waals surface area contributed by atoms with Gasteiger partial charge in [-0.05, 0) is 75.0 Å². The molecule has 1 fully saturated rings. The van der Waals surface area contributed by atoms with Crippen molar-refractivity contribution < 1.29 is 57.8 Å². The minimum absolute atomic E-state index is 0.105. The van der Waals surface area contributed by atoms with Crippen LogP contribution in [0.25, 0.3) is 0 Å². The molecule has 9 amide bonds. The topological polar surface area (TPSA) is 328 Å². The van der Waals surface area contributed by atoms with E-state index in [1.165, 1.54) is 16.7 Å². The van der Waals surface area contributed by atoms with Gasteiger partial charge in [-0.1, -0.05) is 125 Å². The van der Waals surface area contributed by atoms with Gasteiger partial charge in [0.2, 0.25) is 47.3 Å². The molecule has 0 unspecified atom stereocenters. The van der Waals surface area contributed by atoms with E-state index in [1.54, 1.807) is 34.6 Å². The van der Waals surface area contributed by atoms with E-state index in [2.05, 4.69) is 31.9 Å². The van der Waals surface area contributed by atoms with Crippen LogP contribution in [0.5, 0.6) is 0 Å². The van der Waals surface area contributed by atoms with Crippen LogP contribution in [0.15, 0.2) is 91.0 Å². The second-order valence-corrected chi connectivity index (χ2v) is 21.7. The first kappa shape index (κ1) is 62.1. The zero-order chi connectivity index (χ0) is 57.0. The lowest BCUT2D eigenvalue weighted by Gasteiger charge is -2.37. The molecule has 1 aliphatic rings. The number of alkyl carbamates (subject to hydrolysis) is 1. The lowest BCUT2D eigenvalue weighted by atomic mass is 9.84. The highest BCUT2D eigenvalue weighted by Crippen LogP contribution is 2.48. The Morgan fingerprint density at radius 1 is 0.701 bits per heavy atom. The Kier molecular flexibility index (Phi) is 23.5. The summed E-state index contributed by atoms with van der Waals surface area (Å²) in [7, 11) is 0. The maximum absolute atomic E-state index is 15.0. The summed E-state index contributed by atoms with van der Waals surface area (Å²) in [6.07, 6.45) is -1.34. The predicted molar refractivity (Wildman–Crippen MR) is 289 cm³/mol. The number of benzene rings is 3. The first-order valence-corrected chi connectivity index (χ1v) is 26.7. The highest BCUT2D eigenvalue weighted by molar-refractivity contribution is 8.00. The van der Waals surface area contributed by atoms with E-state index in [-0.39, 0.29) is 37.5 Å². The normalized spacial score (nSPS) is 15.8. The standard InChI is InChI=1S/C55H75N9O12S/c1-8-34(4)46(52(73)74)63-47(68)38(26-27-43(56)65)60-48(69)39(30-44(57)66)61-49(70)41(32-77-55(35-19-12-9-13-20-35,36-21-14-10-15-22-36)37-23-16-11-17-24-37)62-50(71)42-25-18-28-64(42)51(72)40(29-33(2)3)59-45(67)31-58-53(75)76-54(5,6)7/h9-17,19-24,33-34,38-42,46H,8,18,25-32H2,1-7H3,(H2,56,65)(H2,57,66)(H,58,75)(H,59,67)(H,60,69)(H,61,70)(H,62,71)(H,63,68)(H,73,74)/t34-,38+,39+,40+,41+,42+,46+/m1/s1. The molecule has 4 rings (SSSR count). The summed E-state index contributed by atoms with van der Waals surface area (Å²) in [5.41, 5.74) is 12.6. The molecule has 0 aromatic heterocycles. The van der Waals surface area contributed by atoms with Gasteiger partial charge in [0.1, 0.15) is 48.4 Å². The number of nitrogens with zero attached hydrogens (tertiary/aromatic N) is 1. The molecule has 77 heavy (non-hydrogen) atoms. The largest absolute Gasteiger partial charge is 0.480 e. The Labute approximate surface area is 453 Å². The third kappa shape index (κ3) is 18.6. The van der Waals surface area contributed by atoms with Gasteiger partial charge in [-0.25, -0.2) is 9.59 Å². The van der Waals surface area contributed by atoms with Gasteiger partial charge in [-0.15, -0.1) is 11.8 Å². The number of carbonyl (C=O) groups is 10. The van der Waals surface area contributed by atoms with Gasteiger partial charge in [-0.2, -0.15) is 0 Å². The predicted octanol–water partition coefficient (Wildman–Crippen LogP) is 2.97. The van der Waals surface area contributed by atoms with E-state index >= 15 is 0 Å². The Bertz CT molecular complexity index is 2430. The van der Waals surface area contributed by atoms with Crippen molar-refractivity contribution in [2.24, 2.45) is 23.3 Å². The quantitative estimate of drug-likeness (QED) is 0.0473. The molecular weight excluding hydrogens is 1010 g/mol. The maximum atomic E-state index is 15.0. The number of nitrogens with one attached hydrogen (secondary N) is 6. The number of primary amides is 2. The summed E-state index contributed by atoms with van der Waals surface area (Å²) in [6, 6.07) is 19.9. The van der Waals surface area contributed by atoms with Crippen LogP contribution in [0, 0.1) is 11.8 Å². The number of carboxylic acids is 1. The fourth-order valence-corrected chi connectivity index (χ4v) is 10.3. The SMILES string of the molecule is CC[C@@H](C)[C@H](NC(=O)[C@H](CCC(N)=O)NC(=O)[C@H](CC(N)=O)NC(=O)[C@H](CSC(c1ccccc1)(c1ccccc1)c1ccccc1)NC(=O)[C@@H]1CCCN1C(=O)[C@H](CC(C)C)NC(=O)CNC(=O)OC(C)(C)C)C(=O)O. The van der Waals surface area contributed by atoms with E-state index in [9.17, 15) is 53.1 Å². The highest BCUT2D eigenvalue weighted by atomic mass is 32.2. The Morgan fingerprint density at radius 3 is 1.70 bits per heavy atom. The summed E-state index contributed by atoms with van der Waals surface area (Å²) in [6.45, 7) is 11.7. The molecule has 0 bridgehead atoms. The molecule has 418 valence electrons. The fourth-order valence-electron chi connectivity index (χ4n) is 8.78. The van der Waals surface area contributed by atoms with Crippen molar-refractivity contribution >= 4 is 71.1 Å². The monoisotopic (exact) mass is 1090 g/mol. The van der Waals surface area contributed by atoms with E-state index in [1.807, 2.05) is 105 Å². The number of aliphatic carboxylic acids is 1. The lowest BCUT2D eigenvalue weighted by molar-refractivity contribution is -0.144. The van der Waals surface area contributed by atoms with Crippen molar-refractivity contribution in [3.63, 3.8) is 0 Å². The van der Waals surface area contributed by atoms with Gasteiger partial charge < -0.3 is 58.1 Å². The molecular formula is C55H75N9O12S. The summed E-state index contributed by atoms with van der Waals surface area (Å²) in [5.74, 6) is -9.09. The van der Waals surface area contributed by atoms with E-state index in [0.29, 0.717) is 12.8 Å². The Hall–Kier alpha value is -7.49. The van der Waals surface area contributed by atoms with Crippen LogP contribution >= 0.6 is 11.8 Å². The molecule has 11 N–H and O–H groups in total. The van der Waals surface area contributed by atoms with Gasteiger partial charge in [0.25, 0.3) is 0 Å². The average molecular weight is 1090 g/mol. The summed E-state index contributed by atoms with van der Waals surface area (Å²) >= 11 is 1.29. The fraction of sp³-hybridized carbons (Fsp3) is 0.491. The van der Waals surface area contributed by atoms with Crippen LogP contribution in [0.1, 0.15) is 110 Å². The minimum atomic E-state index is -1.78. The molecule has 1 aliphatic heterocycles. The summed E-state index contributed by atoms with van der Waals surface area (Å²) < 4.78 is 4.19. The number of nitrogens with two attached hydrogens (primary N) is 2. The first-order chi connectivity index (χ1) is 36.4. The molecule has 0 radical (unpaired) electrons. The minimum Gasteiger partial charge on any atom is -0.480 e. The zero-order valence-corrected chi connectivity index (χ0v) is 45.6. The molecule has 1 saturated heterocycles. The highest BCUT2D eigenvalue weighted by Gasteiger charge is 2.43. The van der Waals surface area contributed by atoms with Gasteiger partial charge >= 0.3 is 12.1 Å². The van der Waals surface area contributed by atoms with Crippen molar-refractivity contribution in [3.8, 4) is 0 Å². The van der Waals surface area contributed by atoms with Gasteiger partial charge in [-0.3, -0.25) is 38.4 Å². The molecule has 22 heteroatoms. The second-order valence-electron chi connectivity index (χ2n) is 20.5. The number of thioether (sulfide) groups is 1. The van der Waals surface area contributed by atoms with E-state index in [0.717, 1.165) is 16.7 Å². The third-order valence-corrected chi connectivity index (χ3v) is 14.4. The van der Waals surface area contributed by atoms with Crippen LogP contribution in [-0.4, -0.2) is 130 Å². The Balaban J connectivity index is 1.75. The number of carbonyl (C=O) groups excluding carboxylic acids is 9. The van der Waals surface area contributed by atoms with Crippen molar-refractivity contribution in [1.82, 2.24) is 36.8 Å². The molecule has 21 nitrogen and oxygen atoms in total. The molecule has 1 heterocycles. The van der Waals surface area contributed by atoms with Crippen LogP contribution in [0.3, 0.4) is 0 Å². The number of amides is 9. The van der Waals surface area contributed by atoms with Crippen molar-refractivity contribution in [3.05, 3.63) is 108 Å². The first-order valence-electron chi connectivity index (χ1n) is 25.7. The van der Waals surface area contributed by atoms with E-state index < -0.39 is 131 Å². The molecule has 0 spiro atoms. The smallest absolute Gasteiger partial charge is 0.408 e. The molecule has 0 saturated carbocycles. The summed E-state index contributed by atoms with van der Waals surface area (Å²) in [4.78, 5) is 136. The lowest BCUT2D eigenvalue weighted by Crippen LogP contribution is -2.60. The van der Waals surface area contributed by atoms with Crippen LogP contribution < -0.4 is 43.4 Å². The number of hydrogen-bond donors (Lipinski definition) is 9. The number of hydrogen-bond acceptors (Lipinski definition) is 12. The number of likely N-dealkylation sites (tertiary alicyclic amines) is 1. The van der Waals surface area contributed by atoms with Gasteiger partial charge in [0.15, 0.2) is 0 Å². The van der Waals surface area contributed by atoms with Gasteiger partial charge in [0.05, 0.1) is 11.2 Å². The zero-order valence-electron chi connectivity index (χ0n) is 44.8.